The van der Waals surface area contributed by atoms with Crippen molar-refractivity contribution in [3.8, 4) is 0 Å². The fraction of sp³-hybridized carbons (Fsp3) is 0.500. The van der Waals surface area contributed by atoms with Crippen molar-refractivity contribution in [3.63, 3.8) is 0 Å². The molecule has 0 spiro atoms. The maximum Gasteiger partial charge on any atom is 0.251 e. The van der Waals surface area contributed by atoms with Gasteiger partial charge in [-0.2, -0.15) is 0 Å². The normalized spacial score (nSPS) is 12.4. The molecule has 1 aromatic carbocycles. The number of benzene rings is 1. The van der Waals surface area contributed by atoms with Crippen molar-refractivity contribution >= 4 is 34.0 Å². The zero-order valence-electron chi connectivity index (χ0n) is 13.3. The third-order valence-electron chi connectivity index (χ3n) is 2.90. The highest BCUT2D eigenvalue weighted by Crippen LogP contribution is 2.17. The molecule has 1 atom stereocenters. The predicted octanol–water partition coefficient (Wildman–Crippen LogP) is 1.72. The van der Waals surface area contributed by atoms with E-state index < -0.39 is 21.7 Å². The van der Waals surface area contributed by atoms with Gasteiger partial charge in [-0.15, -0.1) is 12.4 Å². The minimum Gasteiger partial charge on any atom is -0.348 e. The molecule has 0 aliphatic heterocycles. The standard InChI is InChI=1S/C14H22FN3O3S.ClH/c1-9(2)6-11(8-16)17-14(19)10-4-5-12(15)13(7-10)18-22(3,20)21;/h4-5,7,9,11,18H,6,8,16H2,1-3H3,(H,17,19);1H. The van der Waals surface area contributed by atoms with E-state index in [1.54, 1.807) is 0 Å². The lowest BCUT2D eigenvalue weighted by atomic mass is 10.0. The van der Waals surface area contributed by atoms with Gasteiger partial charge in [0.2, 0.25) is 10.0 Å². The van der Waals surface area contributed by atoms with Gasteiger partial charge in [-0.3, -0.25) is 9.52 Å². The number of carbonyl (C=O) groups excluding carboxylic acids is 1. The van der Waals surface area contributed by atoms with Gasteiger partial charge in [-0.05, 0) is 30.5 Å². The smallest absolute Gasteiger partial charge is 0.251 e. The van der Waals surface area contributed by atoms with Crippen LogP contribution < -0.4 is 15.8 Å². The summed E-state index contributed by atoms with van der Waals surface area (Å²) in [6, 6.07) is 3.31. The first-order valence-corrected chi connectivity index (χ1v) is 8.79. The van der Waals surface area contributed by atoms with Crippen LogP contribution >= 0.6 is 12.4 Å². The summed E-state index contributed by atoms with van der Waals surface area (Å²) in [5, 5.41) is 2.76. The molecule has 0 aromatic heterocycles. The molecule has 0 heterocycles. The molecule has 23 heavy (non-hydrogen) atoms. The summed E-state index contributed by atoms with van der Waals surface area (Å²) in [5.74, 6) is -0.809. The second kappa shape index (κ2) is 9.05. The van der Waals surface area contributed by atoms with E-state index in [-0.39, 0.29) is 29.7 Å². The van der Waals surface area contributed by atoms with Gasteiger partial charge in [0.15, 0.2) is 0 Å². The molecule has 6 nitrogen and oxygen atoms in total. The Hall–Kier alpha value is -1.38. The zero-order valence-corrected chi connectivity index (χ0v) is 14.9. The van der Waals surface area contributed by atoms with E-state index in [9.17, 15) is 17.6 Å². The molecule has 0 aliphatic rings. The predicted molar refractivity (Wildman–Crippen MR) is 91.9 cm³/mol. The fourth-order valence-corrected chi connectivity index (χ4v) is 2.55. The van der Waals surface area contributed by atoms with Crippen LogP contribution in [0.1, 0.15) is 30.6 Å². The molecule has 0 radical (unpaired) electrons. The Morgan fingerprint density at radius 3 is 2.43 bits per heavy atom. The van der Waals surface area contributed by atoms with Crippen LogP contribution in [0.5, 0.6) is 0 Å². The highest BCUT2D eigenvalue weighted by molar-refractivity contribution is 7.92. The van der Waals surface area contributed by atoms with E-state index in [0.29, 0.717) is 12.5 Å². The van der Waals surface area contributed by atoms with Crippen LogP contribution in [-0.4, -0.2) is 33.2 Å². The van der Waals surface area contributed by atoms with Gasteiger partial charge >= 0.3 is 0 Å². The molecule has 0 saturated carbocycles. The summed E-state index contributed by atoms with van der Waals surface area (Å²) in [5.41, 5.74) is 5.52. The summed E-state index contributed by atoms with van der Waals surface area (Å²) in [7, 11) is -3.63. The topological polar surface area (TPSA) is 101 Å². The van der Waals surface area contributed by atoms with Crippen molar-refractivity contribution in [3.05, 3.63) is 29.6 Å². The molecule has 132 valence electrons. The lowest BCUT2D eigenvalue weighted by molar-refractivity contribution is 0.0933. The minimum absolute atomic E-state index is 0. The Bertz CT molecular complexity index is 638. The number of anilines is 1. The Labute approximate surface area is 142 Å². The molecule has 4 N–H and O–H groups in total. The van der Waals surface area contributed by atoms with Crippen molar-refractivity contribution in [2.45, 2.75) is 26.3 Å². The average Bonchev–Trinajstić information content (AvgIpc) is 2.38. The summed E-state index contributed by atoms with van der Waals surface area (Å²) in [4.78, 5) is 12.2. The highest BCUT2D eigenvalue weighted by atomic mass is 35.5. The molecular weight excluding hydrogens is 345 g/mol. The molecule has 0 aliphatic carbocycles. The monoisotopic (exact) mass is 367 g/mol. The Kier molecular flexibility index (Phi) is 8.50. The summed E-state index contributed by atoms with van der Waals surface area (Å²) in [6.07, 6.45) is 1.63. The van der Waals surface area contributed by atoms with Gasteiger partial charge in [0.05, 0.1) is 11.9 Å². The molecule has 1 unspecified atom stereocenters. The average molecular weight is 368 g/mol. The van der Waals surface area contributed by atoms with Crippen LogP contribution in [-0.2, 0) is 10.0 Å². The van der Waals surface area contributed by atoms with E-state index in [0.717, 1.165) is 24.8 Å². The maximum atomic E-state index is 13.6. The second-order valence-corrected chi connectivity index (χ2v) is 7.35. The number of halogens is 2. The van der Waals surface area contributed by atoms with Crippen LogP contribution in [0.4, 0.5) is 10.1 Å². The largest absolute Gasteiger partial charge is 0.348 e. The number of hydrogen-bond donors (Lipinski definition) is 3. The van der Waals surface area contributed by atoms with Gasteiger partial charge < -0.3 is 11.1 Å². The van der Waals surface area contributed by atoms with Crippen molar-refractivity contribution < 1.29 is 17.6 Å². The molecular formula is C14H23ClFN3O3S. The Morgan fingerprint density at radius 1 is 1.35 bits per heavy atom. The summed E-state index contributed by atoms with van der Waals surface area (Å²) in [6.45, 7) is 4.32. The van der Waals surface area contributed by atoms with E-state index in [1.165, 1.54) is 6.07 Å². The second-order valence-electron chi connectivity index (χ2n) is 5.60. The lowest BCUT2D eigenvalue weighted by Gasteiger charge is -2.19. The number of rotatable bonds is 7. The van der Waals surface area contributed by atoms with E-state index in [1.807, 2.05) is 18.6 Å². The van der Waals surface area contributed by atoms with E-state index in [2.05, 4.69) is 5.32 Å². The third-order valence-corrected chi connectivity index (χ3v) is 3.49. The van der Waals surface area contributed by atoms with E-state index in [4.69, 9.17) is 5.73 Å². The van der Waals surface area contributed by atoms with Crippen LogP contribution in [0.25, 0.3) is 0 Å². The quantitative estimate of drug-likeness (QED) is 0.683. The van der Waals surface area contributed by atoms with Crippen molar-refractivity contribution in [2.24, 2.45) is 11.7 Å². The highest BCUT2D eigenvalue weighted by Gasteiger charge is 2.16. The Balaban J connectivity index is 0.00000484. The minimum atomic E-state index is -3.63. The number of sulfonamides is 1. The van der Waals surface area contributed by atoms with Crippen LogP contribution in [0.2, 0.25) is 0 Å². The summed E-state index contributed by atoms with van der Waals surface area (Å²) < 4.78 is 38.0. The van der Waals surface area contributed by atoms with Gasteiger partial charge in [0.1, 0.15) is 5.82 Å². The van der Waals surface area contributed by atoms with Crippen LogP contribution in [0, 0.1) is 11.7 Å². The number of amides is 1. The van der Waals surface area contributed by atoms with Crippen molar-refractivity contribution in [1.29, 1.82) is 0 Å². The maximum absolute atomic E-state index is 13.6. The number of nitrogens with two attached hydrogens (primary N) is 1. The molecule has 1 aromatic rings. The third kappa shape index (κ3) is 7.62. The van der Waals surface area contributed by atoms with Gasteiger partial charge in [0.25, 0.3) is 5.91 Å². The van der Waals surface area contributed by atoms with Gasteiger partial charge in [0, 0.05) is 18.2 Å². The fourth-order valence-electron chi connectivity index (χ4n) is 2.00. The molecule has 0 bridgehead atoms. The van der Waals surface area contributed by atoms with Crippen LogP contribution in [0.15, 0.2) is 18.2 Å². The van der Waals surface area contributed by atoms with Gasteiger partial charge in [-0.25, -0.2) is 12.8 Å². The van der Waals surface area contributed by atoms with Crippen molar-refractivity contribution in [1.82, 2.24) is 5.32 Å². The van der Waals surface area contributed by atoms with E-state index >= 15 is 0 Å². The summed E-state index contributed by atoms with van der Waals surface area (Å²) >= 11 is 0. The number of carbonyl (C=O) groups is 1. The molecule has 0 saturated heterocycles. The van der Waals surface area contributed by atoms with Crippen molar-refractivity contribution in [2.75, 3.05) is 17.5 Å². The first-order valence-electron chi connectivity index (χ1n) is 6.90. The first-order chi connectivity index (χ1) is 10.1. The molecule has 1 amide bonds. The SMILES string of the molecule is CC(C)CC(CN)NC(=O)c1ccc(F)c(NS(C)(=O)=O)c1.Cl. The first kappa shape index (κ1) is 21.6. The molecule has 1 rings (SSSR count). The molecule has 0 fully saturated rings. The lowest BCUT2D eigenvalue weighted by Crippen LogP contribution is -2.41. The van der Waals surface area contributed by atoms with Crippen LogP contribution in [0.3, 0.4) is 0 Å². The van der Waals surface area contributed by atoms with Gasteiger partial charge in [-0.1, -0.05) is 13.8 Å². The molecule has 9 heteroatoms. The zero-order chi connectivity index (χ0) is 16.9. The number of nitrogens with one attached hydrogen (secondary N) is 2. The number of hydrogen-bond acceptors (Lipinski definition) is 4. The Morgan fingerprint density at radius 2 is 1.96 bits per heavy atom.